The van der Waals surface area contributed by atoms with Crippen molar-refractivity contribution in [2.24, 2.45) is 5.92 Å². The predicted octanol–water partition coefficient (Wildman–Crippen LogP) is 1.51. The molecule has 1 nitrogen and oxygen atoms in total. The number of halogens is 1. The lowest BCUT2D eigenvalue weighted by Gasteiger charge is -1.92. The Labute approximate surface area is 42.8 Å². The van der Waals surface area contributed by atoms with E-state index in [0.717, 1.165) is 0 Å². The van der Waals surface area contributed by atoms with Gasteiger partial charge >= 0.3 is 0 Å². The molecule has 0 spiro atoms. The van der Waals surface area contributed by atoms with Crippen LogP contribution in [0.4, 0.5) is 4.39 Å². The molecule has 0 N–H and O–H groups in total. The highest BCUT2D eigenvalue weighted by molar-refractivity contribution is 4.80. The lowest BCUT2D eigenvalue weighted by Crippen LogP contribution is -1.94. The molecule has 0 saturated carbocycles. The molecule has 0 aromatic carbocycles. The molecule has 0 fully saturated rings. The van der Waals surface area contributed by atoms with Gasteiger partial charge in [0.05, 0.1) is 12.0 Å². The monoisotopic (exact) mass is 101 g/mol. The first-order valence-corrected chi connectivity index (χ1v) is 2.30. The van der Waals surface area contributed by atoms with Crippen molar-refractivity contribution < 1.29 is 4.39 Å². The molecule has 40 valence electrons. The van der Waals surface area contributed by atoms with E-state index in [1.807, 2.05) is 6.07 Å². The third-order valence-corrected chi connectivity index (χ3v) is 0.862. The highest BCUT2D eigenvalue weighted by Crippen LogP contribution is 1.98. The zero-order valence-corrected chi connectivity index (χ0v) is 4.32. The minimum Gasteiger partial charge on any atom is -0.250 e. The second kappa shape index (κ2) is 3.60. The Balaban J connectivity index is 3.23. The van der Waals surface area contributed by atoms with E-state index in [4.69, 9.17) is 5.26 Å². The minimum absolute atomic E-state index is 0.375. The molecule has 0 aliphatic rings. The van der Waals surface area contributed by atoms with Crippen LogP contribution in [0.3, 0.4) is 0 Å². The van der Waals surface area contributed by atoms with Gasteiger partial charge in [0.1, 0.15) is 6.67 Å². The fraction of sp³-hybridized carbons (Fsp3) is 0.800. The van der Waals surface area contributed by atoms with E-state index >= 15 is 0 Å². The van der Waals surface area contributed by atoms with Crippen LogP contribution in [0.5, 0.6) is 0 Å². The Morgan fingerprint density at radius 1 is 1.86 bits per heavy atom. The lowest BCUT2D eigenvalue weighted by atomic mass is 10.1. The number of nitrogens with zero attached hydrogens (tertiary/aromatic N) is 1. The number of hydrogen-bond acceptors (Lipinski definition) is 1. The molecule has 2 heteroatoms. The van der Waals surface area contributed by atoms with Crippen molar-refractivity contribution in [3.05, 3.63) is 0 Å². The highest BCUT2D eigenvalue weighted by Gasteiger charge is 1.99. The molecular weight excluding hydrogens is 93.1 g/mol. The zero-order chi connectivity index (χ0) is 5.70. The van der Waals surface area contributed by atoms with Crippen molar-refractivity contribution in [1.82, 2.24) is 0 Å². The molecule has 0 bridgehead atoms. The summed E-state index contributed by atoms with van der Waals surface area (Å²) in [5.41, 5.74) is 0. The first-order valence-electron chi connectivity index (χ1n) is 2.30. The summed E-state index contributed by atoms with van der Waals surface area (Å²) in [6.07, 6.45) is 0.618. The first-order chi connectivity index (χ1) is 3.35. The van der Waals surface area contributed by atoms with Gasteiger partial charge in [-0.05, 0) is 6.42 Å². The second-order valence-electron chi connectivity index (χ2n) is 1.39. The molecule has 1 atom stereocenters. The standard InChI is InChI=1S/C5H8FN/c1-2-5(3-6)4-7/h5H,2-3H2,1H3. The lowest BCUT2D eigenvalue weighted by molar-refractivity contribution is 0.410. The van der Waals surface area contributed by atoms with Crippen molar-refractivity contribution in [1.29, 1.82) is 5.26 Å². The number of alkyl halides is 1. The SMILES string of the molecule is CCC(C#N)CF. The van der Waals surface area contributed by atoms with Gasteiger partial charge in [-0.2, -0.15) is 5.26 Å². The summed E-state index contributed by atoms with van der Waals surface area (Å²) in [5, 5.41) is 8.04. The predicted molar refractivity (Wildman–Crippen MR) is 25.4 cm³/mol. The van der Waals surface area contributed by atoms with Crippen molar-refractivity contribution in [2.75, 3.05) is 6.67 Å². The van der Waals surface area contributed by atoms with Crippen molar-refractivity contribution in [3.63, 3.8) is 0 Å². The third-order valence-electron chi connectivity index (χ3n) is 0.862. The van der Waals surface area contributed by atoms with E-state index in [-0.39, 0.29) is 5.92 Å². The van der Waals surface area contributed by atoms with Crippen molar-refractivity contribution in [2.45, 2.75) is 13.3 Å². The molecule has 1 unspecified atom stereocenters. The van der Waals surface area contributed by atoms with Gasteiger partial charge in [0.2, 0.25) is 0 Å². The summed E-state index contributed by atoms with van der Waals surface area (Å²) in [5.74, 6) is -0.375. The summed E-state index contributed by atoms with van der Waals surface area (Å²) >= 11 is 0. The van der Waals surface area contributed by atoms with Crippen molar-refractivity contribution in [3.8, 4) is 6.07 Å². The van der Waals surface area contributed by atoms with Gasteiger partial charge in [-0.3, -0.25) is 0 Å². The smallest absolute Gasteiger partial charge is 0.105 e. The molecule has 0 heterocycles. The highest BCUT2D eigenvalue weighted by atomic mass is 19.1. The number of nitriles is 1. The van der Waals surface area contributed by atoms with E-state index in [1.165, 1.54) is 0 Å². The maximum absolute atomic E-state index is 11.4. The average Bonchev–Trinajstić information content (AvgIpc) is 1.72. The van der Waals surface area contributed by atoms with Gasteiger partial charge in [-0.1, -0.05) is 6.92 Å². The Kier molecular flexibility index (Phi) is 3.31. The third kappa shape index (κ3) is 2.16. The van der Waals surface area contributed by atoms with Gasteiger partial charge in [0.25, 0.3) is 0 Å². The molecular formula is C5H8FN. The summed E-state index contributed by atoms with van der Waals surface area (Å²) in [7, 11) is 0. The quantitative estimate of drug-likeness (QED) is 0.517. The summed E-state index contributed by atoms with van der Waals surface area (Å²) < 4.78 is 11.4. The first kappa shape index (κ1) is 6.42. The Bertz CT molecular complexity index is 70.6. The molecule has 0 aromatic rings. The van der Waals surface area contributed by atoms with Gasteiger partial charge < -0.3 is 0 Å². The maximum Gasteiger partial charge on any atom is 0.105 e. The summed E-state index contributed by atoms with van der Waals surface area (Å²) in [4.78, 5) is 0. The molecule has 0 saturated heterocycles. The van der Waals surface area contributed by atoms with Crippen LogP contribution in [0.25, 0.3) is 0 Å². The molecule has 0 aliphatic carbocycles. The van der Waals surface area contributed by atoms with E-state index < -0.39 is 6.67 Å². The van der Waals surface area contributed by atoms with Gasteiger partial charge in [-0.25, -0.2) is 4.39 Å². The van der Waals surface area contributed by atoms with Crippen LogP contribution >= 0.6 is 0 Å². The molecule has 0 aromatic heterocycles. The average molecular weight is 101 g/mol. The number of hydrogen-bond donors (Lipinski definition) is 0. The van der Waals surface area contributed by atoms with E-state index in [9.17, 15) is 4.39 Å². The van der Waals surface area contributed by atoms with Crippen LogP contribution in [0.1, 0.15) is 13.3 Å². The van der Waals surface area contributed by atoms with E-state index in [0.29, 0.717) is 6.42 Å². The van der Waals surface area contributed by atoms with E-state index in [2.05, 4.69) is 0 Å². The van der Waals surface area contributed by atoms with Crippen LogP contribution < -0.4 is 0 Å². The largest absolute Gasteiger partial charge is 0.250 e. The second-order valence-corrected chi connectivity index (χ2v) is 1.39. The van der Waals surface area contributed by atoms with Crippen LogP contribution in [-0.4, -0.2) is 6.67 Å². The fourth-order valence-electron chi connectivity index (χ4n) is 0.235. The van der Waals surface area contributed by atoms with Crippen LogP contribution in [0.15, 0.2) is 0 Å². The molecule has 0 rings (SSSR count). The minimum atomic E-state index is -0.507. The van der Waals surface area contributed by atoms with Gasteiger partial charge in [0, 0.05) is 0 Å². The zero-order valence-electron chi connectivity index (χ0n) is 4.32. The topological polar surface area (TPSA) is 23.8 Å². The number of rotatable bonds is 2. The van der Waals surface area contributed by atoms with Crippen LogP contribution in [-0.2, 0) is 0 Å². The molecule has 0 amide bonds. The summed E-state index contributed by atoms with van der Waals surface area (Å²) in [6, 6.07) is 1.83. The Morgan fingerprint density at radius 3 is 2.43 bits per heavy atom. The molecule has 7 heavy (non-hydrogen) atoms. The normalized spacial score (nSPS) is 12.7. The van der Waals surface area contributed by atoms with Crippen LogP contribution in [0, 0.1) is 17.2 Å². The summed E-state index contributed by atoms with van der Waals surface area (Å²) in [6.45, 7) is 1.29. The maximum atomic E-state index is 11.4. The van der Waals surface area contributed by atoms with Crippen LogP contribution in [0.2, 0.25) is 0 Å². The van der Waals surface area contributed by atoms with Crippen molar-refractivity contribution >= 4 is 0 Å². The van der Waals surface area contributed by atoms with Gasteiger partial charge in [-0.15, -0.1) is 0 Å². The molecule has 0 radical (unpaired) electrons. The molecule has 0 aliphatic heterocycles. The Hall–Kier alpha value is -0.580. The van der Waals surface area contributed by atoms with Gasteiger partial charge in [0.15, 0.2) is 0 Å². The Morgan fingerprint density at radius 2 is 2.43 bits per heavy atom. The van der Waals surface area contributed by atoms with E-state index in [1.54, 1.807) is 6.92 Å². The fourth-order valence-corrected chi connectivity index (χ4v) is 0.235.